The van der Waals surface area contributed by atoms with Crippen molar-refractivity contribution in [3.05, 3.63) is 112 Å². The number of rotatable bonds is 7. The van der Waals surface area contributed by atoms with Crippen LogP contribution >= 0.6 is 46.3 Å². The molecule has 9 heteroatoms. The summed E-state index contributed by atoms with van der Waals surface area (Å²) in [7, 11) is -2.15. The number of fused-ring (bicyclic) bond motifs is 1. The summed E-state index contributed by atoms with van der Waals surface area (Å²) in [5, 5.41) is 0. The number of piperidine rings is 1. The molecule has 1 saturated heterocycles. The summed E-state index contributed by atoms with van der Waals surface area (Å²) in [4.78, 5) is 0.304. The molecule has 0 radical (unpaired) electrons. The predicted molar refractivity (Wildman–Crippen MR) is 162 cm³/mol. The van der Waals surface area contributed by atoms with E-state index in [1.165, 1.54) is 5.56 Å². The van der Waals surface area contributed by atoms with E-state index >= 15 is 0 Å². The molecule has 2 aliphatic heterocycles. The Morgan fingerprint density at radius 1 is 0.919 bits per heavy atom. The Morgan fingerprint density at radius 3 is 2.08 bits per heavy atom. The molecule has 5 rings (SSSR count). The molecule has 0 amide bonds. The second-order valence-corrected chi connectivity index (χ2v) is 13.7. The first-order valence-electron chi connectivity index (χ1n) is 12.2. The smallest absolute Gasteiger partial charge is 0.244 e. The van der Waals surface area contributed by atoms with Crippen molar-refractivity contribution in [3.8, 4) is 0 Å². The zero-order chi connectivity index (χ0) is 26.0. The van der Waals surface area contributed by atoms with Crippen molar-refractivity contribution in [2.24, 2.45) is 0 Å². The average Bonchev–Trinajstić information content (AvgIpc) is 2.93. The van der Waals surface area contributed by atoms with E-state index in [4.69, 9.17) is 4.74 Å². The van der Waals surface area contributed by atoms with Gasteiger partial charge in [0, 0.05) is 50.3 Å². The van der Waals surface area contributed by atoms with Crippen LogP contribution in [0.4, 0.5) is 0 Å². The second-order valence-electron chi connectivity index (χ2n) is 9.12. The standard InChI is InChI=1S/C28H28BrIN2O3S2/c1-2-35-28-18-26(21-11-7-4-8-12-21)32(37(33,34)23-15-13-22(29)14-16-23)27-17-25(20-9-5-3-6-10-20)31(36-30)19-24(27)28/h3-16,25-27H,2,17-19H2,1H3/t25-,26-,27?/m0/s1. The fourth-order valence-corrected chi connectivity index (χ4v) is 9.18. The summed E-state index contributed by atoms with van der Waals surface area (Å²) in [6, 6.07) is 26.7. The summed E-state index contributed by atoms with van der Waals surface area (Å²) < 4.78 is 40.0. The largest absolute Gasteiger partial charge is 0.498 e. The van der Waals surface area contributed by atoms with Gasteiger partial charge in [0.25, 0.3) is 0 Å². The normalized spacial score (nSPS) is 23.1. The average molecular weight is 711 g/mol. The van der Waals surface area contributed by atoms with Crippen LogP contribution in [0.3, 0.4) is 0 Å². The fraction of sp³-hybridized carbons (Fsp3) is 0.286. The molecular weight excluding hydrogens is 683 g/mol. The molecular formula is C28H28BrIN2O3S2. The number of hydrogen-bond acceptors (Lipinski definition) is 5. The molecule has 194 valence electrons. The van der Waals surface area contributed by atoms with Crippen LogP contribution in [-0.2, 0) is 14.8 Å². The third-order valence-corrected chi connectivity index (χ3v) is 11.6. The molecule has 1 fully saturated rings. The van der Waals surface area contributed by atoms with Crippen LogP contribution in [0.25, 0.3) is 0 Å². The lowest BCUT2D eigenvalue weighted by molar-refractivity contribution is 0.121. The number of nitrogens with zero attached hydrogens (tertiary/aromatic N) is 2. The lowest BCUT2D eigenvalue weighted by Gasteiger charge is -2.49. The third kappa shape index (κ3) is 5.53. The zero-order valence-electron chi connectivity index (χ0n) is 20.3. The molecule has 3 aromatic rings. The van der Waals surface area contributed by atoms with Gasteiger partial charge in [0.1, 0.15) is 0 Å². The Bertz CT molecular complexity index is 1360. The molecule has 3 aromatic carbocycles. The van der Waals surface area contributed by atoms with Gasteiger partial charge in [-0.1, -0.05) is 76.6 Å². The Labute approximate surface area is 244 Å². The van der Waals surface area contributed by atoms with E-state index < -0.39 is 10.0 Å². The first-order valence-corrected chi connectivity index (χ1v) is 17.8. The maximum atomic E-state index is 14.4. The van der Waals surface area contributed by atoms with Crippen molar-refractivity contribution in [3.63, 3.8) is 0 Å². The predicted octanol–water partition coefficient (Wildman–Crippen LogP) is 7.69. The van der Waals surface area contributed by atoms with Crippen molar-refractivity contribution < 1.29 is 13.2 Å². The van der Waals surface area contributed by atoms with Gasteiger partial charge >= 0.3 is 0 Å². The van der Waals surface area contributed by atoms with Crippen molar-refractivity contribution >= 4 is 56.3 Å². The van der Waals surface area contributed by atoms with E-state index in [2.05, 4.69) is 53.6 Å². The van der Waals surface area contributed by atoms with Crippen molar-refractivity contribution in [2.45, 2.75) is 42.8 Å². The molecule has 0 aromatic heterocycles. The molecule has 0 bridgehead atoms. The fourth-order valence-electron chi connectivity index (χ4n) is 5.38. The molecule has 0 N–H and O–H groups in total. The van der Waals surface area contributed by atoms with Crippen LogP contribution in [0.5, 0.6) is 0 Å². The van der Waals surface area contributed by atoms with Gasteiger partial charge < -0.3 is 4.74 Å². The highest BCUT2D eigenvalue weighted by Crippen LogP contribution is 2.50. The van der Waals surface area contributed by atoms with E-state index in [9.17, 15) is 8.42 Å². The van der Waals surface area contributed by atoms with Gasteiger partial charge in [0.05, 0.1) is 29.3 Å². The van der Waals surface area contributed by atoms with Crippen LogP contribution in [0, 0.1) is 0 Å². The molecule has 0 spiro atoms. The highest BCUT2D eigenvalue weighted by atomic mass is 127. The summed E-state index contributed by atoms with van der Waals surface area (Å²) in [6.45, 7) is 3.18. The zero-order valence-corrected chi connectivity index (χ0v) is 25.7. The molecule has 3 atom stereocenters. The van der Waals surface area contributed by atoms with E-state index in [0.717, 1.165) is 21.4 Å². The third-order valence-electron chi connectivity index (χ3n) is 7.04. The minimum Gasteiger partial charge on any atom is -0.498 e. The van der Waals surface area contributed by atoms with Gasteiger partial charge in [-0.25, -0.2) is 12.7 Å². The Morgan fingerprint density at radius 2 is 1.51 bits per heavy atom. The molecule has 37 heavy (non-hydrogen) atoms. The number of hydrogen-bond donors (Lipinski definition) is 0. The first-order chi connectivity index (χ1) is 17.9. The van der Waals surface area contributed by atoms with Gasteiger partial charge in [0.2, 0.25) is 10.0 Å². The van der Waals surface area contributed by atoms with Crippen molar-refractivity contribution in [2.75, 3.05) is 13.2 Å². The van der Waals surface area contributed by atoms with Crippen molar-refractivity contribution in [1.29, 1.82) is 0 Å². The quantitative estimate of drug-likeness (QED) is 0.186. The summed E-state index contributed by atoms with van der Waals surface area (Å²) in [6.07, 6.45) is 1.15. The highest BCUT2D eigenvalue weighted by Gasteiger charge is 2.49. The van der Waals surface area contributed by atoms with Gasteiger partial charge in [-0.2, -0.15) is 4.31 Å². The van der Waals surface area contributed by atoms with E-state index in [-0.39, 0.29) is 18.1 Å². The summed E-state index contributed by atoms with van der Waals surface area (Å²) in [5.41, 5.74) is 3.22. The van der Waals surface area contributed by atoms with Crippen molar-refractivity contribution in [1.82, 2.24) is 8.61 Å². The number of halogens is 2. The minimum absolute atomic E-state index is 0.0665. The minimum atomic E-state index is -3.82. The van der Waals surface area contributed by atoms with Crippen LogP contribution < -0.4 is 0 Å². The Kier molecular flexibility index (Phi) is 8.67. The van der Waals surface area contributed by atoms with Crippen LogP contribution in [0.15, 0.2) is 106 Å². The second kappa shape index (κ2) is 11.8. The summed E-state index contributed by atoms with van der Waals surface area (Å²) >= 11 is 5.78. The first kappa shape index (κ1) is 27.2. The van der Waals surface area contributed by atoms with Gasteiger partial charge in [0.15, 0.2) is 0 Å². The maximum absolute atomic E-state index is 14.4. The van der Waals surface area contributed by atoms with E-state index in [1.807, 2.05) is 55.5 Å². The lowest BCUT2D eigenvalue weighted by atomic mass is 9.84. The van der Waals surface area contributed by atoms with Crippen LogP contribution in [-0.4, -0.2) is 36.2 Å². The Balaban J connectivity index is 1.68. The monoisotopic (exact) mass is 710 g/mol. The van der Waals surface area contributed by atoms with Gasteiger partial charge in [-0.05, 0) is 57.9 Å². The maximum Gasteiger partial charge on any atom is 0.244 e. The number of ether oxygens (including phenoxy) is 1. The van der Waals surface area contributed by atoms with E-state index in [0.29, 0.717) is 30.9 Å². The van der Waals surface area contributed by atoms with Crippen LogP contribution in [0.1, 0.15) is 43.0 Å². The summed E-state index contributed by atoms with van der Waals surface area (Å²) in [5.74, 6) is 0.922. The number of benzene rings is 3. The van der Waals surface area contributed by atoms with Gasteiger partial charge in [-0.3, -0.25) is 0 Å². The topological polar surface area (TPSA) is 49.9 Å². The van der Waals surface area contributed by atoms with Gasteiger partial charge in [-0.15, -0.1) is 0 Å². The van der Waals surface area contributed by atoms with Crippen LogP contribution in [0.2, 0.25) is 0 Å². The molecule has 0 aliphatic carbocycles. The SMILES string of the molecule is CCOC1=C2CN(SI)[C@H](c3ccccc3)CC2N(S(=O)(=O)c2ccc(Br)cc2)[C@H](c2ccccc2)C1. The molecule has 0 saturated carbocycles. The lowest BCUT2D eigenvalue weighted by Crippen LogP contribution is -2.52. The molecule has 2 aliphatic rings. The number of sulfonamides is 1. The molecule has 2 heterocycles. The Hall–Kier alpha value is -1.37. The highest BCUT2D eigenvalue weighted by molar-refractivity contribution is 14.2. The molecule has 5 nitrogen and oxygen atoms in total. The molecule has 1 unspecified atom stereocenters. The van der Waals surface area contributed by atoms with E-state index in [1.54, 1.807) is 37.7 Å².